The molecule has 0 aliphatic carbocycles. The normalized spacial score (nSPS) is 10.9. The minimum absolute atomic E-state index is 0.0291. The van der Waals surface area contributed by atoms with Gasteiger partial charge in [-0.3, -0.25) is 9.69 Å². The predicted molar refractivity (Wildman–Crippen MR) is 88.3 cm³/mol. The van der Waals surface area contributed by atoms with Gasteiger partial charge in [0.05, 0.1) is 11.6 Å². The molecule has 0 saturated heterocycles. The number of carbonyl (C=O) groups is 1. The van der Waals surface area contributed by atoms with E-state index in [1.54, 1.807) is 18.2 Å². The summed E-state index contributed by atoms with van der Waals surface area (Å²) in [4.78, 5) is 14.3. The summed E-state index contributed by atoms with van der Waals surface area (Å²) >= 11 is 12.0. The number of likely N-dealkylation sites (N-methyl/N-ethyl adjacent to an activating group) is 1. The zero-order chi connectivity index (χ0) is 15.4. The highest BCUT2D eigenvalue weighted by molar-refractivity contribution is 6.36. The van der Waals surface area contributed by atoms with Crippen molar-refractivity contribution < 1.29 is 4.79 Å². The topological polar surface area (TPSA) is 20.3 Å². The standard InChI is InChI=1S/C17H17Cl2NO/c1-12-5-3-4-6-13(12)10-20(2)11-17(21)15-9-14(18)7-8-16(15)19/h3-9H,10-11H2,1-2H3. The van der Waals surface area contributed by atoms with Crippen molar-refractivity contribution in [3.8, 4) is 0 Å². The van der Waals surface area contributed by atoms with Crippen molar-refractivity contribution in [3.05, 3.63) is 69.2 Å². The molecule has 21 heavy (non-hydrogen) atoms. The van der Waals surface area contributed by atoms with Crippen LogP contribution in [0, 0.1) is 6.92 Å². The van der Waals surface area contributed by atoms with E-state index in [0.717, 1.165) is 6.54 Å². The van der Waals surface area contributed by atoms with Crippen LogP contribution in [0.25, 0.3) is 0 Å². The van der Waals surface area contributed by atoms with Gasteiger partial charge in [-0.1, -0.05) is 47.5 Å². The second-order valence-electron chi connectivity index (χ2n) is 5.15. The molecule has 0 fully saturated rings. The fourth-order valence-electron chi connectivity index (χ4n) is 2.18. The Bertz CT molecular complexity index is 655. The van der Waals surface area contributed by atoms with Crippen molar-refractivity contribution in [1.82, 2.24) is 4.90 Å². The van der Waals surface area contributed by atoms with Gasteiger partial charge in [0.25, 0.3) is 0 Å². The Labute approximate surface area is 135 Å². The molecular formula is C17H17Cl2NO. The zero-order valence-corrected chi connectivity index (χ0v) is 13.6. The molecule has 0 bridgehead atoms. The van der Waals surface area contributed by atoms with Crippen LogP contribution >= 0.6 is 23.2 Å². The second kappa shape index (κ2) is 7.08. The Morgan fingerprint density at radius 1 is 1.14 bits per heavy atom. The lowest BCUT2D eigenvalue weighted by Gasteiger charge is -2.17. The third-order valence-corrected chi connectivity index (χ3v) is 3.91. The molecule has 0 amide bonds. The predicted octanol–water partition coefficient (Wildman–Crippen LogP) is 4.62. The highest BCUT2D eigenvalue weighted by atomic mass is 35.5. The van der Waals surface area contributed by atoms with Crippen LogP contribution < -0.4 is 0 Å². The first-order valence-corrected chi connectivity index (χ1v) is 7.44. The number of halogens is 2. The summed E-state index contributed by atoms with van der Waals surface area (Å²) in [5, 5.41) is 0.956. The van der Waals surface area contributed by atoms with Gasteiger partial charge in [-0.05, 0) is 43.3 Å². The molecule has 2 aromatic carbocycles. The van der Waals surface area contributed by atoms with Crippen LogP contribution in [0.1, 0.15) is 21.5 Å². The third kappa shape index (κ3) is 4.31. The number of nitrogens with zero attached hydrogens (tertiary/aromatic N) is 1. The molecule has 0 unspecified atom stereocenters. The highest BCUT2D eigenvalue weighted by Crippen LogP contribution is 2.21. The van der Waals surface area contributed by atoms with Crippen molar-refractivity contribution >= 4 is 29.0 Å². The minimum atomic E-state index is -0.0291. The Balaban J connectivity index is 2.06. The van der Waals surface area contributed by atoms with Crippen molar-refractivity contribution in [2.45, 2.75) is 13.5 Å². The lowest BCUT2D eigenvalue weighted by molar-refractivity contribution is 0.0943. The number of hydrogen-bond donors (Lipinski definition) is 0. The largest absolute Gasteiger partial charge is 0.295 e. The Morgan fingerprint density at radius 3 is 2.57 bits per heavy atom. The van der Waals surface area contributed by atoms with Crippen LogP contribution in [0.4, 0.5) is 0 Å². The number of rotatable bonds is 5. The van der Waals surface area contributed by atoms with Crippen molar-refractivity contribution in [2.24, 2.45) is 0 Å². The third-order valence-electron chi connectivity index (χ3n) is 3.34. The summed E-state index contributed by atoms with van der Waals surface area (Å²) in [6.45, 7) is 3.09. The van der Waals surface area contributed by atoms with E-state index in [9.17, 15) is 4.79 Å². The smallest absolute Gasteiger partial charge is 0.178 e. The Kier molecular flexibility index (Phi) is 5.40. The molecule has 0 N–H and O–H groups in total. The van der Waals surface area contributed by atoms with E-state index in [1.807, 2.05) is 24.1 Å². The van der Waals surface area contributed by atoms with Crippen LogP contribution in [0.3, 0.4) is 0 Å². The van der Waals surface area contributed by atoms with Gasteiger partial charge in [0.1, 0.15) is 0 Å². The molecule has 0 heterocycles. The van der Waals surface area contributed by atoms with Gasteiger partial charge in [0.15, 0.2) is 5.78 Å². The van der Waals surface area contributed by atoms with Gasteiger partial charge in [-0.2, -0.15) is 0 Å². The van der Waals surface area contributed by atoms with Gasteiger partial charge in [0, 0.05) is 17.1 Å². The molecule has 0 aliphatic rings. The van der Waals surface area contributed by atoms with Crippen LogP contribution in [-0.2, 0) is 6.54 Å². The molecule has 0 saturated carbocycles. The molecule has 0 radical (unpaired) electrons. The lowest BCUT2D eigenvalue weighted by atomic mass is 10.1. The van der Waals surface area contributed by atoms with E-state index in [4.69, 9.17) is 23.2 Å². The van der Waals surface area contributed by atoms with Crippen LogP contribution in [0.2, 0.25) is 10.0 Å². The first-order chi connectivity index (χ1) is 9.97. The fraction of sp³-hybridized carbons (Fsp3) is 0.235. The van der Waals surface area contributed by atoms with Crippen molar-refractivity contribution in [1.29, 1.82) is 0 Å². The number of carbonyl (C=O) groups excluding carboxylic acids is 1. The highest BCUT2D eigenvalue weighted by Gasteiger charge is 2.14. The van der Waals surface area contributed by atoms with E-state index in [-0.39, 0.29) is 5.78 Å². The lowest BCUT2D eigenvalue weighted by Crippen LogP contribution is -2.26. The molecule has 0 aliphatic heterocycles. The zero-order valence-electron chi connectivity index (χ0n) is 12.1. The fourth-order valence-corrected chi connectivity index (χ4v) is 2.57. The number of benzene rings is 2. The van der Waals surface area contributed by atoms with Crippen LogP contribution in [0.5, 0.6) is 0 Å². The van der Waals surface area contributed by atoms with Crippen LogP contribution in [-0.4, -0.2) is 24.3 Å². The maximum absolute atomic E-state index is 12.3. The summed E-state index contributed by atoms with van der Waals surface area (Å²) in [6, 6.07) is 13.1. The summed E-state index contributed by atoms with van der Waals surface area (Å²) in [7, 11) is 1.92. The monoisotopic (exact) mass is 321 g/mol. The Hall–Kier alpha value is -1.35. The second-order valence-corrected chi connectivity index (χ2v) is 5.99. The average molecular weight is 322 g/mol. The van der Waals surface area contributed by atoms with E-state index < -0.39 is 0 Å². The molecule has 0 atom stereocenters. The molecular weight excluding hydrogens is 305 g/mol. The molecule has 2 rings (SSSR count). The summed E-state index contributed by atoms with van der Waals surface area (Å²) in [5.74, 6) is -0.0291. The van der Waals surface area contributed by atoms with Gasteiger partial charge < -0.3 is 0 Å². The van der Waals surface area contributed by atoms with Crippen molar-refractivity contribution in [3.63, 3.8) is 0 Å². The summed E-state index contributed by atoms with van der Waals surface area (Å²) in [6.07, 6.45) is 0. The quantitative estimate of drug-likeness (QED) is 0.749. The van der Waals surface area contributed by atoms with E-state index in [2.05, 4.69) is 19.1 Å². The Morgan fingerprint density at radius 2 is 1.86 bits per heavy atom. The van der Waals surface area contributed by atoms with Gasteiger partial charge >= 0.3 is 0 Å². The average Bonchev–Trinajstić information content (AvgIpc) is 2.44. The maximum atomic E-state index is 12.3. The minimum Gasteiger partial charge on any atom is -0.295 e. The van der Waals surface area contributed by atoms with E-state index >= 15 is 0 Å². The molecule has 2 nitrogen and oxygen atoms in total. The van der Waals surface area contributed by atoms with Gasteiger partial charge in [-0.25, -0.2) is 0 Å². The van der Waals surface area contributed by atoms with Gasteiger partial charge in [-0.15, -0.1) is 0 Å². The number of hydrogen-bond acceptors (Lipinski definition) is 2. The maximum Gasteiger partial charge on any atom is 0.178 e. The molecule has 4 heteroatoms. The molecule has 110 valence electrons. The molecule has 0 spiro atoms. The first-order valence-electron chi connectivity index (χ1n) is 6.68. The van der Waals surface area contributed by atoms with Gasteiger partial charge in [0.2, 0.25) is 0 Å². The SMILES string of the molecule is Cc1ccccc1CN(C)CC(=O)c1cc(Cl)ccc1Cl. The number of aryl methyl sites for hydroxylation is 1. The summed E-state index contributed by atoms with van der Waals surface area (Å²) in [5.41, 5.74) is 2.91. The van der Waals surface area contributed by atoms with E-state index in [1.165, 1.54) is 11.1 Å². The summed E-state index contributed by atoms with van der Waals surface area (Å²) < 4.78 is 0. The van der Waals surface area contributed by atoms with E-state index in [0.29, 0.717) is 22.2 Å². The van der Waals surface area contributed by atoms with Crippen molar-refractivity contribution in [2.75, 3.05) is 13.6 Å². The number of Topliss-reactive ketones (excluding diaryl/α,β-unsaturated/α-hetero) is 1. The molecule has 0 aromatic heterocycles. The van der Waals surface area contributed by atoms with Crippen LogP contribution in [0.15, 0.2) is 42.5 Å². The number of ketones is 1. The first kappa shape index (κ1) is 16.0. The molecule has 2 aromatic rings.